The van der Waals surface area contributed by atoms with Crippen molar-refractivity contribution in [1.82, 2.24) is 5.43 Å². The molecule has 0 aliphatic carbocycles. The van der Waals surface area contributed by atoms with E-state index >= 15 is 0 Å². The Morgan fingerprint density at radius 3 is 3.05 bits per heavy atom. The lowest BCUT2D eigenvalue weighted by atomic mass is 10.1. The summed E-state index contributed by atoms with van der Waals surface area (Å²) < 4.78 is 6.07. The van der Waals surface area contributed by atoms with Crippen molar-refractivity contribution in [3.05, 3.63) is 46.7 Å². The number of hydrogen-bond acceptors (Lipinski definition) is 5. The summed E-state index contributed by atoms with van der Waals surface area (Å²) in [7, 11) is 0. The van der Waals surface area contributed by atoms with Crippen LogP contribution in [0.5, 0.6) is 5.75 Å². The number of hydrogen-bond donors (Lipinski definition) is 2. The third-order valence-electron chi connectivity index (χ3n) is 3.23. The van der Waals surface area contributed by atoms with Gasteiger partial charge in [-0.1, -0.05) is 12.1 Å². The fraction of sp³-hybridized carbons (Fsp3) is 0.286. The van der Waals surface area contributed by atoms with E-state index in [4.69, 9.17) is 10.6 Å². The summed E-state index contributed by atoms with van der Waals surface area (Å²) >= 11 is 3.55. The van der Waals surface area contributed by atoms with Gasteiger partial charge in [0.15, 0.2) is 0 Å². The molecule has 3 rings (SSSR count). The molecule has 2 heterocycles. The van der Waals surface area contributed by atoms with Crippen molar-refractivity contribution in [2.75, 3.05) is 5.75 Å². The maximum absolute atomic E-state index is 6.07. The van der Waals surface area contributed by atoms with E-state index in [-0.39, 0.29) is 12.1 Å². The number of nitrogens with two attached hydrogens (primary N) is 1. The molecule has 5 heteroatoms. The van der Waals surface area contributed by atoms with Crippen LogP contribution in [-0.4, -0.2) is 17.9 Å². The zero-order valence-corrected chi connectivity index (χ0v) is 12.0. The molecule has 100 valence electrons. The van der Waals surface area contributed by atoms with Crippen molar-refractivity contribution in [2.45, 2.75) is 23.5 Å². The van der Waals surface area contributed by atoms with Crippen molar-refractivity contribution in [3.63, 3.8) is 0 Å². The van der Waals surface area contributed by atoms with Gasteiger partial charge in [-0.2, -0.15) is 11.3 Å². The van der Waals surface area contributed by atoms with E-state index in [1.165, 1.54) is 10.5 Å². The molecule has 3 nitrogen and oxygen atoms in total. The summed E-state index contributed by atoms with van der Waals surface area (Å²) in [5.74, 6) is 7.60. The van der Waals surface area contributed by atoms with E-state index in [0.29, 0.717) is 0 Å². The number of thiophene rings is 1. The number of fused-ring (bicyclic) bond motifs is 1. The lowest BCUT2D eigenvalue weighted by molar-refractivity contribution is 0.165. The molecular formula is C14H16N2OS2. The van der Waals surface area contributed by atoms with Gasteiger partial charge in [-0.05, 0) is 40.9 Å². The normalized spacial score (nSPS) is 19.5. The summed E-state index contributed by atoms with van der Waals surface area (Å²) in [6.45, 7) is 0. The maximum Gasteiger partial charge on any atom is 0.133 e. The maximum atomic E-state index is 6.07. The van der Waals surface area contributed by atoms with Crippen LogP contribution in [0, 0.1) is 0 Å². The average molecular weight is 292 g/mol. The molecule has 1 aromatic heterocycles. The Bertz CT molecular complexity index is 530. The molecule has 2 atom stereocenters. The molecule has 2 unspecified atom stereocenters. The number of rotatable bonds is 4. The number of nitrogens with one attached hydrogen (secondary N) is 1. The standard InChI is InChI=1S/C14H16N2OS2/c15-16-11(7-10-5-6-18-8-10)13-9-19-14-4-2-1-3-12(14)17-13/h1-6,8,11,13,16H,7,9,15H2. The van der Waals surface area contributed by atoms with Crippen molar-refractivity contribution >= 4 is 23.1 Å². The lowest BCUT2D eigenvalue weighted by Gasteiger charge is -2.31. The van der Waals surface area contributed by atoms with Crippen LogP contribution in [0.15, 0.2) is 46.0 Å². The first kappa shape index (κ1) is 13.0. The van der Waals surface area contributed by atoms with E-state index < -0.39 is 0 Å². The summed E-state index contributed by atoms with van der Waals surface area (Å²) in [4.78, 5) is 1.21. The Hall–Kier alpha value is -1.01. The van der Waals surface area contributed by atoms with Gasteiger partial charge in [-0.3, -0.25) is 11.3 Å². The highest BCUT2D eigenvalue weighted by atomic mass is 32.2. The van der Waals surface area contributed by atoms with Crippen LogP contribution in [0.4, 0.5) is 0 Å². The van der Waals surface area contributed by atoms with Crippen LogP contribution in [0.3, 0.4) is 0 Å². The molecule has 2 aromatic rings. The molecule has 1 aliphatic rings. The van der Waals surface area contributed by atoms with Crippen LogP contribution in [0.1, 0.15) is 5.56 Å². The molecule has 0 bridgehead atoms. The summed E-state index contributed by atoms with van der Waals surface area (Å²) in [5.41, 5.74) is 4.21. The van der Waals surface area contributed by atoms with Crippen molar-refractivity contribution in [1.29, 1.82) is 0 Å². The highest BCUT2D eigenvalue weighted by Crippen LogP contribution is 2.36. The predicted molar refractivity (Wildman–Crippen MR) is 80.7 cm³/mol. The zero-order valence-electron chi connectivity index (χ0n) is 10.4. The van der Waals surface area contributed by atoms with E-state index in [1.54, 1.807) is 11.3 Å². The number of ether oxygens (including phenoxy) is 1. The molecule has 0 saturated heterocycles. The largest absolute Gasteiger partial charge is 0.487 e. The number of thioether (sulfide) groups is 1. The molecule has 3 N–H and O–H groups in total. The molecule has 1 aromatic carbocycles. The van der Waals surface area contributed by atoms with Gasteiger partial charge in [0.25, 0.3) is 0 Å². The van der Waals surface area contributed by atoms with Crippen LogP contribution in [0.2, 0.25) is 0 Å². The van der Waals surface area contributed by atoms with E-state index in [9.17, 15) is 0 Å². The third kappa shape index (κ3) is 2.95. The summed E-state index contributed by atoms with van der Waals surface area (Å²) in [6.07, 6.45) is 0.998. The predicted octanol–water partition coefficient (Wildman–Crippen LogP) is 2.68. The second kappa shape index (κ2) is 5.96. The topological polar surface area (TPSA) is 47.3 Å². The van der Waals surface area contributed by atoms with Crippen LogP contribution in [0.25, 0.3) is 0 Å². The first-order valence-corrected chi connectivity index (χ1v) is 8.15. The minimum absolute atomic E-state index is 0.102. The van der Waals surface area contributed by atoms with Gasteiger partial charge in [-0.25, -0.2) is 0 Å². The van der Waals surface area contributed by atoms with Gasteiger partial charge in [-0.15, -0.1) is 11.8 Å². The smallest absolute Gasteiger partial charge is 0.133 e. The molecule has 0 fully saturated rings. The van der Waals surface area contributed by atoms with Crippen LogP contribution < -0.4 is 16.0 Å². The van der Waals surface area contributed by atoms with Gasteiger partial charge < -0.3 is 4.74 Å². The fourth-order valence-corrected chi connectivity index (χ4v) is 3.95. The van der Waals surface area contributed by atoms with Gasteiger partial charge in [0.1, 0.15) is 11.9 Å². The van der Waals surface area contributed by atoms with Crippen molar-refractivity contribution in [2.24, 2.45) is 5.84 Å². The van der Waals surface area contributed by atoms with E-state index in [2.05, 4.69) is 28.3 Å². The SMILES string of the molecule is NNC(Cc1ccsc1)C1CSc2ccccc2O1. The first-order chi connectivity index (χ1) is 9.36. The number of benzene rings is 1. The van der Waals surface area contributed by atoms with Crippen LogP contribution in [-0.2, 0) is 6.42 Å². The molecule has 19 heavy (non-hydrogen) atoms. The Morgan fingerprint density at radius 2 is 2.26 bits per heavy atom. The molecule has 1 aliphatic heterocycles. The minimum atomic E-state index is 0.102. The Labute approximate surface area is 121 Å². The fourth-order valence-electron chi connectivity index (χ4n) is 2.19. The second-order valence-corrected chi connectivity index (χ2v) is 6.36. The van der Waals surface area contributed by atoms with Crippen molar-refractivity contribution < 1.29 is 4.74 Å². The zero-order chi connectivity index (χ0) is 13.1. The quantitative estimate of drug-likeness (QED) is 0.672. The molecule has 0 radical (unpaired) electrons. The minimum Gasteiger partial charge on any atom is -0.487 e. The monoisotopic (exact) mass is 292 g/mol. The average Bonchev–Trinajstić information content (AvgIpc) is 2.97. The second-order valence-electron chi connectivity index (χ2n) is 4.52. The molecule has 0 saturated carbocycles. The Kier molecular flexibility index (Phi) is 4.08. The lowest BCUT2D eigenvalue weighted by Crippen LogP contribution is -2.49. The highest BCUT2D eigenvalue weighted by molar-refractivity contribution is 7.99. The summed E-state index contributed by atoms with van der Waals surface area (Å²) in [5, 5.41) is 4.25. The summed E-state index contributed by atoms with van der Waals surface area (Å²) in [6, 6.07) is 10.4. The van der Waals surface area contributed by atoms with E-state index in [1.807, 2.05) is 30.0 Å². The van der Waals surface area contributed by atoms with Crippen molar-refractivity contribution in [3.8, 4) is 5.75 Å². The van der Waals surface area contributed by atoms with E-state index in [0.717, 1.165) is 17.9 Å². The number of hydrazine groups is 1. The van der Waals surface area contributed by atoms with Crippen LogP contribution >= 0.6 is 23.1 Å². The third-order valence-corrected chi connectivity index (χ3v) is 5.10. The Balaban J connectivity index is 1.72. The number of para-hydroxylation sites is 1. The Morgan fingerprint density at radius 1 is 1.37 bits per heavy atom. The van der Waals surface area contributed by atoms with Gasteiger partial charge in [0.05, 0.1) is 6.04 Å². The van der Waals surface area contributed by atoms with Gasteiger partial charge >= 0.3 is 0 Å². The molecule has 0 spiro atoms. The van der Waals surface area contributed by atoms with Gasteiger partial charge in [0.2, 0.25) is 0 Å². The molecular weight excluding hydrogens is 276 g/mol. The first-order valence-electron chi connectivity index (χ1n) is 6.22. The van der Waals surface area contributed by atoms with Gasteiger partial charge in [0, 0.05) is 10.6 Å². The molecule has 0 amide bonds. The highest BCUT2D eigenvalue weighted by Gasteiger charge is 2.27.